The Kier molecular flexibility index (Phi) is 3.79. The Labute approximate surface area is 110 Å². The van der Waals surface area contributed by atoms with Crippen LogP contribution in [0.1, 0.15) is 25.3 Å². The highest BCUT2D eigenvalue weighted by Crippen LogP contribution is 2.28. The number of nitrogens with zero attached hydrogens (tertiary/aromatic N) is 1. The van der Waals surface area contributed by atoms with Gasteiger partial charge in [0.15, 0.2) is 0 Å². The van der Waals surface area contributed by atoms with Crippen molar-refractivity contribution < 1.29 is 0 Å². The summed E-state index contributed by atoms with van der Waals surface area (Å²) >= 11 is 3.49. The predicted octanol–water partition coefficient (Wildman–Crippen LogP) is 4.71. The maximum atomic E-state index is 4.32. The maximum absolute atomic E-state index is 4.32. The van der Waals surface area contributed by atoms with Crippen molar-refractivity contribution in [1.82, 2.24) is 4.98 Å². The van der Waals surface area contributed by atoms with Crippen molar-refractivity contribution in [2.24, 2.45) is 0 Å². The normalized spacial score (nSPS) is 10.6. The fourth-order valence-corrected chi connectivity index (χ4v) is 2.07. The van der Waals surface area contributed by atoms with Crippen LogP contribution < -0.4 is 5.32 Å². The molecule has 0 aliphatic heterocycles. The predicted molar refractivity (Wildman–Crippen MR) is 75.8 cm³/mol. The fraction of sp³-hybridized carbons (Fsp3) is 0.214. The molecule has 0 unspecified atom stereocenters. The molecule has 0 bridgehead atoms. The zero-order valence-electron chi connectivity index (χ0n) is 9.94. The lowest BCUT2D eigenvalue weighted by Gasteiger charge is -2.14. The Morgan fingerprint density at radius 2 is 1.88 bits per heavy atom. The van der Waals surface area contributed by atoms with Gasteiger partial charge in [-0.3, -0.25) is 0 Å². The molecule has 0 saturated carbocycles. The van der Waals surface area contributed by atoms with Crippen molar-refractivity contribution in [3.05, 3.63) is 52.6 Å². The molecule has 17 heavy (non-hydrogen) atoms. The van der Waals surface area contributed by atoms with Gasteiger partial charge in [0.2, 0.25) is 0 Å². The Hall–Kier alpha value is -1.35. The molecule has 1 aromatic carbocycles. The van der Waals surface area contributed by atoms with Crippen LogP contribution in [0.15, 0.2) is 47.1 Å². The van der Waals surface area contributed by atoms with Crippen molar-refractivity contribution in [3.63, 3.8) is 0 Å². The Morgan fingerprint density at radius 3 is 2.59 bits per heavy atom. The molecule has 0 aliphatic carbocycles. The number of anilines is 2. The van der Waals surface area contributed by atoms with E-state index in [2.05, 4.69) is 58.3 Å². The van der Waals surface area contributed by atoms with Crippen LogP contribution in [0.5, 0.6) is 0 Å². The number of aromatic nitrogens is 1. The van der Waals surface area contributed by atoms with Gasteiger partial charge >= 0.3 is 0 Å². The summed E-state index contributed by atoms with van der Waals surface area (Å²) in [4.78, 5) is 4.32. The smallest absolute Gasteiger partial charge is 0.144 e. The van der Waals surface area contributed by atoms with E-state index in [0.717, 1.165) is 16.0 Å². The van der Waals surface area contributed by atoms with Gasteiger partial charge in [-0.1, -0.05) is 32.0 Å². The van der Waals surface area contributed by atoms with Crippen molar-refractivity contribution in [2.75, 3.05) is 5.32 Å². The number of benzene rings is 1. The molecular weight excluding hydrogens is 276 g/mol. The van der Waals surface area contributed by atoms with Crippen molar-refractivity contribution in [2.45, 2.75) is 19.8 Å². The van der Waals surface area contributed by atoms with Crippen LogP contribution >= 0.6 is 15.9 Å². The average molecular weight is 291 g/mol. The first kappa shape index (κ1) is 12.1. The molecule has 1 aromatic heterocycles. The van der Waals surface area contributed by atoms with Gasteiger partial charge < -0.3 is 5.32 Å². The van der Waals surface area contributed by atoms with E-state index in [0.29, 0.717) is 5.92 Å². The minimum Gasteiger partial charge on any atom is -0.339 e. The minimum absolute atomic E-state index is 0.487. The number of nitrogens with one attached hydrogen (secondary N) is 1. The van der Waals surface area contributed by atoms with Gasteiger partial charge in [-0.2, -0.15) is 0 Å². The maximum Gasteiger partial charge on any atom is 0.144 e. The van der Waals surface area contributed by atoms with Crippen LogP contribution in [0.2, 0.25) is 0 Å². The van der Waals surface area contributed by atoms with Crippen LogP contribution in [-0.4, -0.2) is 4.98 Å². The fourth-order valence-electron chi connectivity index (χ4n) is 1.72. The van der Waals surface area contributed by atoms with Gasteiger partial charge in [0, 0.05) is 11.9 Å². The third-order valence-corrected chi connectivity index (χ3v) is 3.23. The van der Waals surface area contributed by atoms with E-state index in [1.165, 1.54) is 5.56 Å². The molecule has 1 heterocycles. The Balaban J connectivity index is 2.34. The third-order valence-electron chi connectivity index (χ3n) is 2.59. The van der Waals surface area contributed by atoms with E-state index in [1.54, 1.807) is 6.20 Å². The van der Waals surface area contributed by atoms with Crippen LogP contribution in [0.3, 0.4) is 0 Å². The highest BCUT2D eigenvalue weighted by molar-refractivity contribution is 9.10. The van der Waals surface area contributed by atoms with Crippen LogP contribution in [0.25, 0.3) is 0 Å². The first-order valence-electron chi connectivity index (χ1n) is 5.65. The average Bonchev–Trinajstić information content (AvgIpc) is 2.32. The van der Waals surface area contributed by atoms with E-state index in [-0.39, 0.29) is 0 Å². The number of rotatable bonds is 3. The van der Waals surface area contributed by atoms with E-state index >= 15 is 0 Å². The molecule has 2 aromatic rings. The topological polar surface area (TPSA) is 24.9 Å². The van der Waals surface area contributed by atoms with E-state index in [1.807, 2.05) is 18.2 Å². The third kappa shape index (κ3) is 2.86. The summed E-state index contributed by atoms with van der Waals surface area (Å²) in [6.07, 6.45) is 1.78. The molecule has 3 heteroatoms. The van der Waals surface area contributed by atoms with Crippen LogP contribution in [-0.2, 0) is 0 Å². The lowest BCUT2D eigenvalue weighted by molar-refractivity contribution is 0.869. The summed E-state index contributed by atoms with van der Waals surface area (Å²) in [5.41, 5.74) is 2.41. The second kappa shape index (κ2) is 5.32. The highest BCUT2D eigenvalue weighted by Gasteiger charge is 2.07. The summed E-state index contributed by atoms with van der Waals surface area (Å²) < 4.78 is 0.971. The Bertz CT molecular complexity index is 509. The largest absolute Gasteiger partial charge is 0.339 e. The SMILES string of the molecule is CC(C)c1ccccc1Nc1ncccc1Br. The zero-order valence-corrected chi connectivity index (χ0v) is 11.5. The molecule has 2 nitrogen and oxygen atoms in total. The molecule has 0 aliphatic rings. The Morgan fingerprint density at radius 1 is 1.12 bits per heavy atom. The van der Waals surface area contributed by atoms with Gasteiger partial charge in [0.25, 0.3) is 0 Å². The molecule has 2 rings (SSSR count). The second-order valence-electron chi connectivity index (χ2n) is 4.20. The van der Waals surface area contributed by atoms with E-state index < -0.39 is 0 Å². The summed E-state index contributed by atoms with van der Waals surface area (Å²) in [5.74, 6) is 1.33. The standard InChI is InChI=1S/C14H15BrN2/c1-10(2)11-6-3-4-8-13(11)17-14-12(15)7-5-9-16-14/h3-10H,1-2H3,(H,16,17). The quantitative estimate of drug-likeness (QED) is 0.885. The first-order valence-corrected chi connectivity index (χ1v) is 6.44. The molecule has 88 valence electrons. The minimum atomic E-state index is 0.487. The van der Waals surface area contributed by atoms with Gasteiger partial charge in [0.1, 0.15) is 5.82 Å². The van der Waals surface area contributed by atoms with Gasteiger partial charge in [-0.25, -0.2) is 4.98 Å². The van der Waals surface area contributed by atoms with Gasteiger partial charge in [-0.05, 0) is 45.6 Å². The van der Waals surface area contributed by atoms with Gasteiger partial charge in [0.05, 0.1) is 4.47 Å². The van der Waals surface area contributed by atoms with Crippen molar-refractivity contribution in [3.8, 4) is 0 Å². The lowest BCUT2D eigenvalue weighted by atomic mass is 10.0. The monoisotopic (exact) mass is 290 g/mol. The van der Waals surface area contributed by atoms with Gasteiger partial charge in [-0.15, -0.1) is 0 Å². The number of hydrogen-bond acceptors (Lipinski definition) is 2. The van der Waals surface area contributed by atoms with Crippen LogP contribution in [0.4, 0.5) is 11.5 Å². The number of hydrogen-bond donors (Lipinski definition) is 1. The highest BCUT2D eigenvalue weighted by atomic mass is 79.9. The first-order chi connectivity index (χ1) is 8.18. The van der Waals surface area contributed by atoms with Crippen molar-refractivity contribution >= 4 is 27.4 Å². The van der Waals surface area contributed by atoms with E-state index in [9.17, 15) is 0 Å². The molecule has 1 N–H and O–H groups in total. The number of para-hydroxylation sites is 1. The molecule has 0 fully saturated rings. The number of pyridine rings is 1. The lowest BCUT2D eigenvalue weighted by Crippen LogP contribution is -1.99. The molecule has 0 saturated heterocycles. The van der Waals surface area contributed by atoms with E-state index in [4.69, 9.17) is 0 Å². The van der Waals surface area contributed by atoms with Crippen LogP contribution in [0, 0.1) is 0 Å². The number of halogens is 1. The molecule has 0 amide bonds. The second-order valence-corrected chi connectivity index (χ2v) is 5.06. The molecule has 0 spiro atoms. The zero-order chi connectivity index (χ0) is 12.3. The summed E-state index contributed by atoms with van der Waals surface area (Å²) in [5, 5.41) is 3.36. The molecule has 0 radical (unpaired) electrons. The summed E-state index contributed by atoms with van der Waals surface area (Å²) in [6.45, 7) is 4.38. The molecular formula is C14H15BrN2. The summed E-state index contributed by atoms with van der Waals surface area (Å²) in [7, 11) is 0. The van der Waals surface area contributed by atoms with Crippen molar-refractivity contribution in [1.29, 1.82) is 0 Å². The molecule has 0 atom stereocenters. The summed E-state index contributed by atoms with van der Waals surface area (Å²) in [6, 6.07) is 12.2.